The van der Waals surface area contributed by atoms with Crippen molar-refractivity contribution in [2.75, 3.05) is 19.7 Å². The zero-order valence-electron chi connectivity index (χ0n) is 7.58. The van der Waals surface area contributed by atoms with E-state index in [1.165, 1.54) is 19.4 Å². The first kappa shape index (κ1) is 9.01. The van der Waals surface area contributed by atoms with E-state index in [1.54, 1.807) is 0 Å². The molecule has 0 aliphatic carbocycles. The molecule has 1 heterocycles. The minimum Gasteiger partial charge on any atom is -0.396 e. The number of hydrogen-bond donors (Lipinski definition) is 1. The number of aliphatic hydroxyl groups is 1. The molecule has 0 bridgehead atoms. The van der Waals surface area contributed by atoms with Crippen molar-refractivity contribution in [3.8, 4) is 0 Å². The first-order chi connectivity index (χ1) is 5.24. The summed E-state index contributed by atoms with van der Waals surface area (Å²) in [5.74, 6) is 0.440. The van der Waals surface area contributed by atoms with E-state index in [4.69, 9.17) is 5.11 Å². The fraction of sp³-hybridized carbons (Fsp3) is 1.00. The first-order valence-electron chi connectivity index (χ1n) is 4.59. The summed E-state index contributed by atoms with van der Waals surface area (Å²) in [6, 6.07) is 0.740. The molecule has 0 unspecified atom stereocenters. The van der Waals surface area contributed by atoms with Gasteiger partial charge >= 0.3 is 0 Å². The van der Waals surface area contributed by atoms with E-state index in [1.807, 2.05) is 0 Å². The average molecular weight is 157 g/mol. The summed E-state index contributed by atoms with van der Waals surface area (Å²) in [5, 5.41) is 8.85. The van der Waals surface area contributed by atoms with Gasteiger partial charge in [-0.2, -0.15) is 0 Å². The number of nitrogens with zero attached hydrogens (tertiary/aromatic N) is 1. The molecule has 66 valence electrons. The van der Waals surface area contributed by atoms with Gasteiger partial charge in [0.05, 0.1) is 0 Å². The molecule has 0 radical (unpaired) electrons. The summed E-state index contributed by atoms with van der Waals surface area (Å²) >= 11 is 0. The van der Waals surface area contributed by atoms with Crippen LogP contribution in [0.3, 0.4) is 0 Å². The Bertz CT molecular complexity index is 116. The van der Waals surface area contributed by atoms with Gasteiger partial charge in [0.1, 0.15) is 0 Å². The molecule has 0 amide bonds. The lowest BCUT2D eigenvalue weighted by atomic mass is 10.1. The van der Waals surface area contributed by atoms with Crippen molar-refractivity contribution < 1.29 is 5.11 Å². The fourth-order valence-electron chi connectivity index (χ4n) is 1.72. The summed E-state index contributed by atoms with van der Waals surface area (Å²) in [4.78, 5) is 2.47. The minimum atomic E-state index is 0.323. The number of rotatable bonds is 3. The Balaban J connectivity index is 2.24. The van der Waals surface area contributed by atoms with Crippen molar-refractivity contribution in [2.45, 2.75) is 32.7 Å². The SMILES string of the molecule is C[C@H](CO)CN1CCC[C@@H]1C. The Morgan fingerprint density at radius 1 is 1.64 bits per heavy atom. The van der Waals surface area contributed by atoms with Crippen LogP contribution in [-0.4, -0.2) is 35.7 Å². The van der Waals surface area contributed by atoms with Gasteiger partial charge in [0.15, 0.2) is 0 Å². The molecule has 0 spiro atoms. The average Bonchev–Trinajstić information content (AvgIpc) is 2.37. The van der Waals surface area contributed by atoms with Crippen LogP contribution in [0.25, 0.3) is 0 Å². The zero-order valence-corrected chi connectivity index (χ0v) is 7.58. The number of hydrogen-bond acceptors (Lipinski definition) is 2. The lowest BCUT2D eigenvalue weighted by molar-refractivity contribution is 0.170. The Hall–Kier alpha value is -0.0800. The molecule has 11 heavy (non-hydrogen) atoms. The predicted molar refractivity (Wildman–Crippen MR) is 46.5 cm³/mol. The van der Waals surface area contributed by atoms with Crippen molar-refractivity contribution in [3.63, 3.8) is 0 Å². The molecule has 0 aromatic carbocycles. The normalized spacial score (nSPS) is 29.2. The van der Waals surface area contributed by atoms with Gasteiger partial charge in [0.2, 0.25) is 0 Å². The third kappa shape index (κ3) is 2.46. The highest BCUT2D eigenvalue weighted by atomic mass is 16.3. The molecule has 0 saturated carbocycles. The minimum absolute atomic E-state index is 0.323. The van der Waals surface area contributed by atoms with Gasteiger partial charge in [-0.15, -0.1) is 0 Å². The second kappa shape index (κ2) is 4.07. The molecule has 2 heteroatoms. The van der Waals surface area contributed by atoms with Crippen LogP contribution in [0, 0.1) is 5.92 Å². The standard InChI is InChI=1S/C9H19NO/c1-8(7-11)6-10-5-3-4-9(10)2/h8-9,11H,3-7H2,1-2H3/t8-,9-/m0/s1. The van der Waals surface area contributed by atoms with E-state index >= 15 is 0 Å². The molecule has 1 fully saturated rings. The van der Waals surface area contributed by atoms with Crippen LogP contribution in [0.5, 0.6) is 0 Å². The Morgan fingerprint density at radius 2 is 2.36 bits per heavy atom. The molecule has 0 aromatic rings. The Kier molecular flexibility index (Phi) is 3.34. The number of likely N-dealkylation sites (tertiary alicyclic amines) is 1. The topological polar surface area (TPSA) is 23.5 Å². The van der Waals surface area contributed by atoms with Crippen LogP contribution in [0.2, 0.25) is 0 Å². The van der Waals surface area contributed by atoms with Crippen molar-refractivity contribution >= 4 is 0 Å². The molecule has 1 rings (SSSR count). The molecule has 1 aliphatic heterocycles. The highest BCUT2D eigenvalue weighted by Crippen LogP contribution is 2.17. The lowest BCUT2D eigenvalue weighted by Crippen LogP contribution is -2.32. The predicted octanol–water partition coefficient (Wildman–Crippen LogP) is 1.10. The van der Waals surface area contributed by atoms with Crippen molar-refractivity contribution in [2.24, 2.45) is 5.92 Å². The van der Waals surface area contributed by atoms with Gasteiger partial charge < -0.3 is 10.0 Å². The highest BCUT2D eigenvalue weighted by Gasteiger charge is 2.20. The van der Waals surface area contributed by atoms with Gasteiger partial charge in [-0.05, 0) is 32.2 Å². The van der Waals surface area contributed by atoms with Gasteiger partial charge in [-0.25, -0.2) is 0 Å². The van der Waals surface area contributed by atoms with E-state index in [-0.39, 0.29) is 0 Å². The molecule has 0 aromatic heterocycles. The van der Waals surface area contributed by atoms with E-state index in [0.29, 0.717) is 12.5 Å². The van der Waals surface area contributed by atoms with E-state index in [9.17, 15) is 0 Å². The molecule has 1 saturated heterocycles. The van der Waals surface area contributed by atoms with Crippen LogP contribution in [0.4, 0.5) is 0 Å². The lowest BCUT2D eigenvalue weighted by Gasteiger charge is -2.23. The van der Waals surface area contributed by atoms with Crippen LogP contribution < -0.4 is 0 Å². The smallest absolute Gasteiger partial charge is 0.0468 e. The fourth-order valence-corrected chi connectivity index (χ4v) is 1.72. The van der Waals surface area contributed by atoms with E-state index in [0.717, 1.165) is 12.6 Å². The molecule has 2 atom stereocenters. The third-order valence-electron chi connectivity index (χ3n) is 2.55. The van der Waals surface area contributed by atoms with Crippen molar-refractivity contribution in [1.29, 1.82) is 0 Å². The van der Waals surface area contributed by atoms with Gasteiger partial charge in [-0.1, -0.05) is 6.92 Å². The van der Waals surface area contributed by atoms with Crippen LogP contribution in [0.15, 0.2) is 0 Å². The van der Waals surface area contributed by atoms with Crippen LogP contribution in [0.1, 0.15) is 26.7 Å². The monoisotopic (exact) mass is 157 g/mol. The largest absolute Gasteiger partial charge is 0.396 e. The second-order valence-corrected chi connectivity index (χ2v) is 3.77. The maximum Gasteiger partial charge on any atom is 0.0468 e. The molecular weight excluding hydrogens is 138 g/mol. The van der Waals surface area contributed by atoms with E-state index < -0.39 is 0 Å². The van der Waals surface area contributed by atoms with Crippen molar-refractivity contribution in [1.82, 2.24) is 4.90 Å². The highest BCUT2D eigenvalue weighted by molar-refractivity contribution is 4.76. The Morgan fingerprint density at radius 3 is 2.82 bits per heavy atom. The summed E-state index contributed by atoms with van der Waals surface area (Å²) in [7, 11) is 0. The second-order valence-electron chi connectivity index (χ2n) is 3.77. The maximum absolute atomic E-state index is 8.85. The third-order valence-corrected chi connectivity index (χ3v) is 2.55. The molecule has 2 nitrogen and oxygen atoms in total. The molecule has 1 N–H and O–H groups in total. The number of aliphatic hydroxyl groups excluding tert-OH is 1. The van der Waals surface area contributed by atoms with Gasteiger partial charge in [-0.3, -0.25) is 0 Å². The quantitative estimate of drug-likeness (QED) is 0.663. The summed E-state index contributed by atoms with van der Waals surface area (Å²) in [5.41, 5.74) is 0. The maximum atomic E-state index is 8.85. The van der Waals surface area contributed by atoms with Crippen LogP contribution >= 0.6 is 0 Å². The summed E-state index contributed by atoms with van der Waals surface area (Å²) < 4.78 is 0. The first-order valence-corrected chi connectivity index (χ1v) is 4.59. The van der Waals surface area contributed by atoms with Gasteiger partial charge in [0, 0.05) is 19.2 Å². The van der Waals surface area contributed by atoms with Gasteiger partial charge in [0.25, 0.3) is 0 Å². The summed E-state index contributed by atoms with van der Waals surface area (Å²) in [6.45, 7) is 6.99. The van der Waals surface area contributed by atoms with Crippen LogP contribution in [-0.2, 0) is 0 Å². The summed E-state index contributed by atoms with van der Waals surface area (Å²) in [6.07, 6.45) is 2.66. The Labute approximate surface area is 69.2 Å². The van der Waals surface area contributed by atoms with Crippen molar-refractivity contribution in [3.05, 3.63) is 0 Å². The molecular formula is C9H19NO. The molecule has 1 aliphatic rings. The van der Waals surface area contributed by atoms with E-state index in [2.05, 4.69) is 18.7 Å². The zero-order chi connectivity index (χ0) is 8.27.